The van der Waals surface area contributed by atoms with Crippen molar-refractivity contribution < 1.29 is 4.74 Å². The zero-order chi connectivity index (χ0) is 27.6. The second-order valence-corrected chi connectivity index (χ2v) is 11.1. The van der Waals surface area contributed by atoms with Crippen LogP contribution in [-0.2, 0) is 0 Å². The Morgan fingerprint density at radius 2 is 1.33 bits per heavy atom. The van der Waals surface area contributed by atoms with Gasteiger partial charge in [-0.1, -0.05) is 103 Å². The van der Waals surface area contributed by atoms with Crippen LogP contribution in [0.5, 0.6) is 5.75 Å². The summed E-state index contributed by atoms with van der Waals surface area (Å²) < 4.78 is 9.05. The van der Waals surface area contributed by atoms with Crippen LogP contribution in [0.15, 0.2) is 146 Å². The van der Waals surface area contributed by atoms with Crippen LogP contribution in [0.25, 0.3) is 55.2 Å². The number of rotatable bonds is 3. The molecule has 7 aromatic rings. The zero-order valence-corrected chi connectivity index (χ0v) is 22.8. The van der Waals surface area contributed by atoms with E-state index in [-0.39, 0.29) is 12.0 Å². The van der Waals surface area contributed by atoms with Crippen molar-refractivity contribution in [1.29, 1.82) is 0 Å². The van der Waals surface area contributed by atoms with Crippen LogP contribution in [0.2, 0.25) is 0 Å². The van der Waals surface area contributed by atoms with Crippen LogP contribution in [-0.4, -0.2) is 15.7 Å². The molecule has 3 heterocycles. The quantitative estimate of drug-likeness (QED) is 0.224. The predicted molar refractivity (Wildman–Crippen MR) is 172 cm³/mol. The minimum absolute atomic E-state index is 0.0551. The first kappa shape index (κ1) is 23.3. The molecule has 0 radical (unpaired) electrons. The van der Waals surface area contributed by atoms with E-state index in [2.05, 4.69) is 144 Å². The molecular formula is C39H26N2O. The van der Waals surface area contributed by atoms with Gasteiger partial charge in [-0.2, -0.15) is 0 Å². The molecule has 0 saturated heterocycles. The van der Waals surface area contributed by atoms with Crippen molar-refractivity contribution in [3.05, 3.63) is 157 Å². The zero-order valence-electron chi connectivity index (χ0n) is 22.8. The summed E-state index contributed by atoms with van der Waals surface area (Å²) in [5.74, 6) is 1.05. The average Bonchev–Trinajstić information content (AvgIpc) is 3.60. The first-order chi connectivity index (χ1) is 20.8. The summed E-state index contributed by atoms with van der Waals surface area (Å²) in [6.45, 7) is 0. The summed E-state index contributed by atoms with van der Waals surface area (Å²) in [6.07, 6.45) is 6.54. The van der Waals surface area contributed by atoms with Crippen LogP contribution >= 0.6 is 0 Å². The van der Waals surface area contributed by atoms with Crippen LogP contribution in [0.4, 0.5) is 0 Å². The Kier molecular flexibility index (Phi) is 5.02. The van der Waals surface area contributed by atoms with Crippen molar-refractivity contribution >= 4 is 38.3 Å². The second kappa shape index (κ2) is 9.05. The molecule has 0 bridgehead atoms. The van der Waals surface area contributed by atoms with E-state index in [0.29, 0.717) is 0 Å². The van der Waals surface area contributed by atoms with Gasteiger partial charge in [0.25, 0.3) is 0 Å². The highest BCUT2D eigenvalue weighted by Gasteiger charge is 2.38. The molecule has 198 valence electrons. The molecule has 0 fully saturated rings. The number of hydrogen-bond donors (Lipinski definition) is 0. The van der Waals surface area contributed by atoms with E-state index in [1.807, 2.05) is 6.07 Å². The highest BCUT2D eigenvalue weighted by atomic mass is 16.5. The van der Waals surface area contributed by atoms with E-state index in [1.54, 1.807) is 0 Å². The Hall–Kier alpha value is -5.41. The lowest BCUT2D eigenvalue weighted by atomic mass is 9.80. The molecular weight excluding hydrogens is 512 g/mol. The molecule has 0 spiro atoms. The Bertz CT molecular complexity index is 2190. The molecule has 3 nitrogen and oxygen atoms in total. The maximum atomic E-state index is 6.70. The molecule has 1 aliphatic carbocycles. The topological polar surface area (TPSA) is 27.1 Å². The highest BCUT2D eigenvalue weighted by molar-refractivity contribution is 6.09. The monoisotopic (exact) mass is 538 g/mol. The van der Waals surface area contributed by atoms with Crippen LogP contribution in [0, 0.1) is 0 Å². The van der Waals surface area contributed by atoms with Crippen molar-refractivity contribution in [2.75, 3.05) is 0 Å². The molecule has 0 amide bonds. The van der Waals surface area contributed by atoms with Gasteiger partial charge in [-0.05, 0) is 47.5 Å². The number of allylic oxidation sites excluding steroid dienone is 2. The van der Waals surface area contributed by atoms with Gasteiger partial charge in [0.1, 0.15) is 11.9 Å². The van der Waals surface area contributed by atoms with Crippen LogP contribution in [0.3, 0.4) is 0 Å². The number of hydrogen-bond acceptors (Lipinski definition) is 2. The van der Waals surface area contributed by atoms with Gasteiger partial charge in [0.05, 0.1) is 28.2 Å². The molecule has 9 rings (SSSR count). The summed E-state index contributed by atoms with van der Waals surface area (Å²) in [5.41, 5.74) is 10.3. The summed E-state index contributed by atoms with van der Waals surface area (Å²) >= 11 is 0. The van der Waals surface area contributed by atoms with Crippen molar-refractivity contribution in [2.45, 2.75) is 12.0 Å². The molecule has 2 aromatic heterocycles. The Morgan fingerprint density at radius 3 is 2.12 bits per heavy atom. The van der Waals surface area contributed by atoms with Gasteiger partial charge in [0.15, 0.2) is 0 Å². The van der Waals surface area contributed by atoms with Crippen molar-refractivity contribution in [1.82, 2.24) is 9.55 Å². The summed E-state index contributed by atoms with van der Waals surface area (Å²) in [5, 5.41) is 3.68. The van der Waals surface area contributed by atoms with Gasteiger partial charge < -0.3 is 9.30 Å². The molecule has 2 atom stereocenters. The van der Waals surface area contributed by atoms with Gasteiger partial charge >= 0.3 is 0 Å². The van der Waals surface area contributed by atoms with E-state index < -0.39 is 0 Å². The third-order valence-electron chi connectivity index (χ3n) is 8.77. The molecule has 0 saturated carbocycles. The lowest BCUT2D eigenvalue weighted by Crippen LogP contribution is -2.19. The van der Waals surface area contributed by atoms with Crippen molar-refractivity contribution in [3.8, 4) is 22.7 Å². The van der Waals surface area contributed by atoms with E-state index >= 15 is 0 Å². The van der Waals surface area contributed by atoms with E-state index in [9.17, 15) is 0 Å². The SMILES string of the molecule is C1=CC2Oc3cc(-n4c5ccccc5c5ccccc54)ccc3C2C(c2cc(-c3ccccc3)nc3ccccc23)=C1. The maximum Gasteiger partial charge on any atom is 0.128 e. The van der Waals surface area contributed by atoms with Gasteiger partial charge in [-0.25, -0.2) is 4.98 Å². The number of fused-ring (bicyclic) bond motifs is 7. The van der Waals surface area contributed by atoms with Gasteiger partial charge in [0.2, 0.25) is 0 Å². The predicted octanol–water partition coefficient (Wildman–Crippen LogP) is 9.50. The third kappa shape index (κ3) is 3.44. The molecule has 3 heteroatoms. The molecule has 5 aromatic carbocycles. The van der Waals surface area contributed by atoms with Crippen molar-refractivity contribution in [3.63, 3.8) is 0 Å². The van der Waals surface area contributed by atoms with Gasteiger partial charge in [-0.3, -0.25) is 0 Å². The van der Waals surface area contributed by atoms with Crippen LogP contribution < -0.4 is 4.74 Å². The van der Waals surface area contributed by atoms with Gasteiger partial charge in [0, 0.05) is 39.0 Å². The molecule has 1 aliphatic heterocycles. The van der Waals surface area contributed by atoms with E-state index in [0.717, 1.165) is 33.6 Å². The first-order valence-electron chi connectivity index (χ1n) is 14.5. The minimum atomic E-state index is -0.0551. The lowest BCUT2D eigenvalue weighted by Gasteiger charge is -2.24. The van der Waals surface area contributed by atoms with Gasteiger partial charge in [-0.15, -0.1) is 0 Å². The highest BCUT2D eigenvalue weighted by Crippen LogP contribution is 2.50. The normalized spacial score (nSPS) is 17.3. The lowest BCUT2D eigenvalue weighted by molar-refractivity contribution is 0.271. The number of pyridine rings is 1. The Morgan fingerprint density at radius 1 is 0.643 bits per heavy atom. The fourth-order valence-electron chi connectivity index (χ4n) is 6.91. The third-order valence-corrected chi connectivity index (χ3v) is 8.77. The average molecular weight is 539 g/mol. The van der Waals surface area contributed by atoms with Crippen LogP contribution in [0.1, 0.15) is 17.0 Å². The maximum absolute atomic E-state index is 6.70. The van der Waals surface area contributed by atoms with Crippen molar-refractivity contribution in [2.24, 2.45) is 0 Å². The fourth-order valence-corrected chi connectivity index (χ4v) is 6.91. The second-order valence-electron chi connectivity index (χ2n) is 11.1. The fraction of sp³-hybridized carbons (Fsp3) is 0.0513. The molecule has 2 aliphatic rings. The number of nitrogens with zero attached hydrogens (tertiary/aromatic N) is 2. The summed E-state index contributed by atoms with van der Waals surface area (Å²) in [6, 6.07) is 45.2. The molecule has 2 unspecified atom stereocenters. The first-order valence-corrected chi connectivity index (χ1v) is 14.5. The largest absolute Gasteiger partial charge is 0.485 e. The smallest absolute Gasteiger partial charge is 0.128 e. The Balaban J connectivity index is 1.20. The Labute approximate surface area is 243 Å². The molecule has 0 N–H and O–H groups in total. The number of aromatic nitrogens is 2. The summed E-state index contributed by atoms with van der Waals surface area (Å²) in [4.78, 5) is 5.04. The summed E-state index contributed by atoms with van der Waals surface area (Å²) in [7, 11) is 0. The molecule has 42 heavy (non-hydrogen) atoms. The number of para-hydroxylation sites is 3. The van der Waals surface area contributed by atoms with E-state index in [1.165, 1.54) is 38.5 Å². The number of ether oxygens (including phenoxy) is 1. The standard InChI is InChI=1S/C39H26N2O/c1-2-11-25(12-3-1)34-24-32(27-13-4-7-17-33(27)40-34)30-16-10-20-37-39(30)31-22-21-26(23-38(31)42-37)41-35-18-8-5-14-28(35)29-15-6-9-19-36(29)41/h1-24,37,39H. The minimum Gasteiger partial charge on any atom is -0.485 e. The number of benzene rings is 5. The van der Waals surface area contributed by atoms with E-state index in [4.69, 9.17) is 9.72 Å².